The second-order valence-corrected chi connectivity index (χ2v) is 10.4. The summed E-state index contributed by atoms with van der Waals surface area (Å²) in [4.78, 5) is 23.8. The van der Waals surface area contributed by atoms with Gasteiger partial charge in [-0.15, -0.1) is 0 Å². The van der Waals surface area contributed by atoms with Gasteiger partial charge in [0.1, 0.15) is 6.04 Å². The number of carbonyl (C=O) groups excluding carboxylic acids is 2. The molecule has 4 N–H and O–H groups in total. The van der Waals surface area contributed by atoms with E-state index in [1.807, 2.05) is 13.8 Å². The highest BCUT2D eigenvalue weighted by molar-refractivity contribution is 7.89. The van der Waals surface area contributed by atoms with Crippen LogP contribution in [0, 0.1) is 17.8 Å². The Morgan fingerprint density at radius 2 is 1.69 bits per heavy atom. The van der Waals surface area contributed by atoms with Crippen molar-refractivity contribution in [2.75, 3.05) is 18.4 Å². The van der Waals surface area contributed by atoms with E-state index in [0.29, 0.717) is 37.0 Å². The summed E-state index contributed by atoms with van der Waals surface area (Å²) in [6.07, 6.45) is 1.46. The molecule has 3 amide bonds. The molecule has 162 valence electrons. The minimum absolute atomic E-state index is 0.180. The number of nitrogens with two attached hydrogens (primary N) is 1. The van der Waals surface area contributed by atoms with Gasteiger partial charge < -0.3 is 16.4 Å². The molecule has 0 saturated carbocycles. The van der Waals surface area contributed by atoms with E-state index in [9.17, 15) is 18.0 Å². The molecule has 1 aromatic carbocycles. The molecule has 0 aliphatic carbocycles. The number of benzene rings is 1. The van der Waals surface area contributed by atoms with Crippen LogP contribution in [0.1, 0.15) is 40.5 Å². The number of urea groups is 1. The van der Waals surface area contributed by atoms with Crippen molar-refractivity contribution in [1.29, 1.82) is 0 Å². The lowest BCUT2D eigenvalue weighted by molar-refractivity contribution is -0.118. The quantitative estimate of drug-likeness (QED) is 0.622. The van der Waals surface area contributed by atoms with Crippen LogP contribution in [0.5, 0.6) is 0 Å². The number of anilines is 1. The average molecular weight is 425 g/mol. The second kappa shape index (κ2) is 9.58. The van der Waals surface area contributed by atoms with E-state index < -0.39 is 28.0 Å². The van der Waals surface area contributed by atoms with Crippen molar-refractivity contribution in [2.45, 2.75) is 51.5 Å². The average Bonchev–Trinajstić information content (AvgIpc) is 2.60. The van der Waals surface area contributed by atoms with Crippen LogP contribution in [0.25, 0.3) is 0 Å². The fraction of sp³-hybridized carbons (Fsp3) is 0.600. The van der Waals surface area contributed by atoms with Crippen LogP contribution in [-0.2, 0) is 14.8 Å². The molecular formula is C20H32N4O4S. The molecule has 0 bridgehead atoms. The SMILES string of the molecule is CC(C)C[C@@H](NC(N)=O)C(=O)Nc1ccc(S(=O)(=O)N2C[C@@H](C)C[C@H](C)C2)cc1. The Morgan fingerprint density at radius 1 is 1.14 bits per heavy atom. The summed E-state index contributed by atoms with van der Waals surface area (Å²) in [6.45, 7) is 9.02. The standard InChI is InChI=1S/C20H32N4O4S/c1-13(2)9-18(23-20(21)26)19(25)22-16-5-7-17(8-6-16)29(27,28)24-11-14(3)10-15(4)12-24/h5-8,13-15,18H,9-12H2,1-4H3,(H,22,25)(H3,21,23,26)/t14-,15-,18+/m0/s1. The molecule has 1 aliphatic heterocycles. The van der Waals surface area contributed by atoms with E-state index in [4.69, 9.17) is 5.73 Å². The second-order valence-electron chi connectivity index (χ2n) is 8.47. The van der Waals surface area contributed by atoms with Crippen LogP contribution in [0.3, 0.4) is 0 Å². The van der Waals surface area contributed by atoms with Crippen LogP contribution in [0.2, 0.25) is 0 Å². The summed E-state index contributed by atoms with van der Waals surface area (Å²) in [7, 11) is -3.57. The minimum atomic E-state index is -3.57. The van der Waals surface area contributed by atoms with Crippen molar-refractivity contribution < 1.29 is 18.0 Å². The van der Waals surface area contributed by atoms with Gasteiger partial charge in [0.25, 0.3) is 0 Å². The molecule has 1 aliphatic rings. The maximum atomic E-state index is 12.9. The molecular weight excluding hydrogens is 392 g/mol. The van der Waals surface area contributed by atoms with Crippen molar-refractivity contribution in [2.24, 2.45) is 23.5 Å². The number of carbonyl (C=O) groups is 2. The Morgan fingerprint density at radius 3 is 2.17 bits per heavy atom. The minimum Gasteiger partial charge on any atom is -0.352 e. The Bertz CT molecular complexity index is 813. The van der Waals surface area contributed by atoms with Crippen LogP contribution < -0.4 is 16.4 Å². The summed E-state index contributed by atoms with van der Waals surface area (Å²) in [6, 6.07) is 4.57. The van der Waals surface area contributed by atoms with E-state index in [2.05, 4.69) is 24.5 Å². The predicted octanol–water partition coefficient (Wildman–Crippen LogP) is 2.37. The normalized spacial score (nSPS) is 21.6. The lowest BCUT2D eigenvalue weighted by atomic mass is 9.94. The summed E-state index contributed by atoms with van der Waals surface area (Å²) < 4.78 is 27.4. The van der Waals surface area contributed by atoms with E-state index in [0.717, 1.165) is 6.42 Å². The largest absolute Gasteiger partial charge is 0.352 e. The van der Waals surface area contributed by atoms with Crippen LogP contribution in [0.15, 0.2) is 29.2 Å². The Hall–Kier alpha value is -2.13. The van der Waals surface area contributed by atoms with Gasteiger partial charge in [0.2, 0.25) is 15.9 Å². The zero-order chi connectivity index (χ0) is 21.8. The number of hydrogen-bond acceptors (Lipinski definition) is 4. The van der Waals surface area contributed by atoms with Gasteiger partial charge >= 0.3 is 6.03 Å². The number of hydrogen-bond donors (Lipinski definition) is 3. The smallest absolute Gasteiger partial charge is 0.312 e. The van der Waals surface area contributed by atoms with Gasteiger partial charge in [-0.3, -0.25) is 4.79 Å². The van der Waals surface area contributed by atoms with E-state index in [1.165, 1.54) is 16.4 Å². The molecule has 0 radical (unpaired) electrons. The third kappa shape index (κ3) is 6.43. The molecule has 1 heterocycles. The first-order chi connectivity index (χ1) is 13.5. The zero-order valence-corrected chi connectivity index (χ0v) is 18.3. The van der Waals surface area contributed by atoms with Gasteiger partial charge in [0.05, 0.1) is 4.90 Å². The van der Waals surface area contributed by atoms with E-state index in [1.54, 1.807) is 12.1 Å². The van der Waals surface area contributed by atoms with Gasteiger partial charge in [-0.2, -0.15) is 4.31 Å². The van der Waals surface area contributed by atoms with Crippen LogP contribution >= 0.6 is 0 Å². The highest BCUT2D eigenvalue weighted by Crippen LogP contribution is 2.27. The maximum Gasteiger partial charge on any atom is 0.312 e. The number of nitrogens with zero attached hydrogens (tertiary/aromatic N) is 1. The number of amides is 3. The first-order valence-corrected chi connectivity index (χ1v) is 11.4. The summed E-state index contributed by atoms with van der Waals surface area (Å²) >= 11 is 0. The van der Waals surface area contributed by atoms with Gasteiger partial charge in [0.15, 0.2) is 0 Å². The van der Waals surface area contributed by atoms with Gasteiger partial charge in [-0.25, -0.2) is 13.2 Å². The molecule has 3 atom stereocenters. The maximum absolute atomic E-state index is 12.9. The highest BCUT2D eigenvalue weighted by Gasteiger charge is 2.31. The fourth-order valence-corrected chi connectivity index (χ4v) is 5.44. The summed E-state index contributed by atoms with van der Waals surface area (Å²) in [5, 5.41) is 5.15. The lowest BCUT2D eigenvalue weighted by Gasteiger charge is -2.34. The van der Waals surface area contributed by atoms with Crippen molar-refractivity contribution in [3.05, 3.63) is 24.3 Å². The van der Waals surface area contributed by atoms with E-state index >= 15 is 0 Å². The monoisotopic (exact) mass is 424 g/mol. The summed E-state index contributed by atoms with van der Waals surface area (Å²) in [5.41, 5.74) is 5.61. The van der Waals surface area contributed by atoms with Gasteiger partial charge in [-0.1, -0.05) is 27.7 Å². The Labute approximate surface area is 173 Å². The van der Waals surface area contributed by atoms with Crippen molar-refractivity contribution in [3.63, 3.8) is 0 Å². The molecule has 1 aromatic rings. The number of nitrogens with one attached hydrogen (secondary N) is 2. The molecule has 1 saturated heterocycles. The van der Waals surface area contributed by atoms with Crippen molar-refractivity contribution in [3.8, 4) is 0 Å². The molecule has 0 aromatic heterocycles. The van der Waals surface area contributed by atoms with E-state index in [-0.39, 0.29) is 10.8 Å². The molecule has 29 heavy (non-hydrogen) atoms. The van der Waals surface area contributed by atoms with Crippen LogP contribution in [-0.4, -0.2) is 43.8 Å². The van der Waals surface area contributed by atoms with Gasteiger partial charge in [-0.05, 0) is 54.9 Å². The lowest BCUT2D eigenvalue weighted by Crippen LogP contribution is -2.46. The van der Waals surface area contributed by atoms with Crippen molar-refractivity contribution in [1.82, 2.24) is 9.62 Å². The zero-order valence-electron chi connectivity index (χ0n) is 17.5. The molecule has 0 spiro atoms. The molecule has 8 nitrogen and oxygen atoms in total. The molecule has 9 heteroatoms. The Kier molecular flexibility index (Phi) is 7.65. The molecule has 2 rings (SSSR count). The van der Waals surface area contributed by atoms with Crippen molar-refractivity contribution >= 4 is 27.6 Å². The number of rotatable bonds is 7. The first kappa shape index (κ1) is 23.2. The molecule has 1 fully saturated rings. The highest BCUT2D eigenvalue weighted by atomic mass is 32.2. The predicted molar refractivity (Wildman–Crippen MR) is 113 cm³/mol. The fourth-order valence-electron chi connectivity index (χ4n) is 3.77. The topological polar surface area (TPSA) is 122 Å². The van der Waals surface area contributed by atoms with Crippen LogP contribution in [0.4, 0.5) is 10.5 Å². The van der Waals surface area contributed by atoms with Gasteiger partial charge in [0, 0.05) is 18.8 Å². The third-order valence-electron chi connectivity index (χ3n) is 4.94. The summed E-state index contributed by atoms with van der Waals surface area (Å²) in [5.74, 6) is 0.427. The third-order valence-corrected chi connectivity index (χ3v) is 6.78. The Balaban J connectivity index is 2.10. The first-order valence-electron chi connectivity index (χ1n) is 9.96. The molecule has 0 unspecified atom stereocenters. The number of sulfonamides is 1. The number of primary amides is 1. The number of piperidine rings is 1.